The van der Waals surface area contributed by atoms with Crippen molar-refractivity contribution >= 4 is 50.9 Å². The second-order valence-electron chi connectivity index (χ2n) is 14.7. The third-order valence-corrected chi connectivity index (χ3v) is 10.8. The van der Waals surface area contributed by atoms with Crippen LogP contribution >= 0.6 is 0 Å². The number of likely N-dealkylation sites (N-methyl/N-ethyl adjacent to an activating group) is 2. The quantitative estimate of drug-likeness (QED) is 0.206. The molecule has 9 heterocycles. The van der Waals surface area contributed by atoms with Crippen LogP contribution in [0, 0.1) is 0 Å². The smallest absolute Gasteiger partial charge is 0.292 e. The Bertz CT molecular complexity index is 2400. The summed E-state index contributed by atoms with van der Waals surface area (Å²) in [6.07, 6.45) is 4.94. The first kappa shape index (κ1) is 38.6. The maximum atomic E-state index is 12.1. The maximum Gasteiger partial charge on any atom is 0.292 e. The Kier molecular flexibility index (Phi) is 10.9. The normalized spacial score (nSPS) is 17.0. The SMILES string of the molecule is CN1CCN(c2nc3cnn(C)c(=O)c3n2C)CC1.CN1CCN(c2nc3cnn(C)c(=O)c3n2C)CC1.Cn1ncc2nc(N3CCNCC3)n(C)c2c1=O. The van der Waals surface area contributed by atoms with E-state index < -0.39 is 0 Å². The molecule has 56 heavy (non-hydrogen) atoms. The van der Waals surface area contributed by atoms with Crippen LogP contribution in [0.1, 0.15) is 0 Å². The number of piperazine rings is 3. The lowest BCUT2D eigenvalue weighted by molar-refractivity contribution is 0.310. The Morgan fingerprint density at radius 1 is 0.429 bits per heavy atom. The van der Waals surface area contributed by atoms with E-state index >= 15 is 0 Å². The average Bonchev–Trinajstić information content (AvgIpc) is 3.85. The number of anilines is 3. The summed E-state index contributed by atoms with van der Waals surface area (Å²) in [4.78, 5) is 61.1. The number of imidazole rings is 3. The van der Waals surface area contributed by atoms with Crippen LogP contribution in [0.15, 0.2) is 33.0 Å². The van der Waals surface area contributed by atoms with E-state index in [4.69, 9.17) is 0 Å². The van der Waals surface area contributed by atoms with Gasteiger partial charge in [0.25, 0.3) is 16.7 Å². The Morgan fingerprint density at radius 2 is 0.714 bits per heavy atom. The zero-order valence-corrected chi connectivity index (χ0v) is 33.5. The Morgan fingerprint density at radius 3 is 1.02 bits per heavy atom. The van der Waals surface area contributed by atoms with Crippen LogP contribution in [0.5, 0.6) is 0 Å². The number of nitrogens with zero attached hydrogens (tertiary/aromatic N) is 17. The number of fused-ring (bicyclic) bond motifs is 3. The predicted molar refractivity (Wildman–Crippen MR) is 216 cm³/mol. The predicted octanol–water partition coefficient (Wildman–Crippen LogP) is -2.09. The largest absolute Gasteiger partial charge is 0.340 e. The summed E-state index contributed by atoms with van der Waals surface area (Å²) in [6.45, 7) is 11.5. The number of hydrogen-bond acceptors (Lipinski definition) is 15. The minimum Gasteiger partial charge on any atom is -0.340 e. The molecule has 6 aromatic rings. The van der Waals surface area contributed by atoms with Crippen molar-refractivity contribution in [3.05, 3.63) is 49.7 Å². The molecule has 0 atom stereocenters. The van der Waals surface area contributed by atoms with Gasteiger partial charge in [-0.1, -0.05) is 0 Å². The minimum atomic E-state index is -0.108. The van der Waals surface area contributed by atoms with Gasteiger partial charge in [-0.15, -0.1) is 0 Å². The van der Waals surface area contributed by atoms with Gasteiger partial charge in [0.05, 0.1) is 18.6 Å². The molecule has 0 unspecified atom stereocenters. The van der Waals surface area contributed by atoms with Crippen molar-refractivity contribution in [2.75, 3.05) is 107 Å². The molecule has 1 N–H and O–H groups in total. The molecule has 6 aromatic heterocycles. The Hall–Kier alpha value is -5.67. The maximum absolute atomic E-state index is 12.1. The van der Waals surface area contributed by atoms with Crippen LogP contribution in [0.4, 0.5) is 17.8 Å². The van der Waals surface area contributed by atoms with Gasteiger partial charge in [-0.2, -0.15) is 15.3 Å². The van der Waals surface area contributed by atoms with Crippen LogP contribution in [0.2, 0.25) is 0 Å². The highest BCUT2D eigenvalue weighted by molar-refractivity contribution is 5.78. The minimum absolute atomic E-state index is 0.104. The molecule has 3 aliphatic heterocycles. The third kappa shape index (κ3) is 7.35. The monoisotopic (exact) mass is 772 g/mol. The lowest BCUT2D eigenvalue weighted by Gasteiger charge is -2.32. The van der Waals surface area contributed by atoms with Gasteiger partial charge >= 0.3 is 0 Å². The van der Waals surface area contributed by atoms with Crippen molar-refractivity contribution in [3.63, 3.8) is 0 Å². The fourth-order valence-corrected chi connectivity index (χ4v) is 7.32. The molecule has 0 amide bonds. The summed E-state index contributed by atoms with van der Waals surface area (Å²) < 4.78 is 9.65. The Balaban J connectivity index is 0.000000129. The molecule has 3 aliphatic rings. The lowest BCUT2D eigenvalue weighted by Crippen LogP contribution is -2.45. The van der Waals surface area contributed by atoms with E-state index in [1.807, 2.05) is 34.8 Å². The van der Waals surface area contributed by atoms with Crippen molar-refractivity contribution in [1.82, 2.24) is 73.1 Å². The summed E-state index contributed by atoms with van der Waals surface area (Å²) in [5.41, 5.74) is 3.52. The molecule has 0 spiro atoms. The molecular formula is C35H52N18O3. The number of aryl methyl sites for hydroxylation is 6. The number of hydrogen-bond donors (Lipinski definition) is 1. The van der Waals surface area contributed by atoms with Crippen molar-refractivity contribution in [2.24, 2.45) is 42.3 Å². The first-order chi connectivity index (χ1) is 26.8. The second-order valence-corrected chi connectivity index (χ2v) is 14.7. The highest BCUT2D eigenvalue weighted by Gasteiger charge is 2.23. The summed E-state index contributed by atoms with van der Waals surface area (Å²) >= 11 is 0. The highest BCUT2D eigenvalue weighted by atomic mass is 16.1. The molecule has 21 nitrogen and oxygen atoms in total. The van der Waals surface area contributed by atoms with E-state index in [-0.39, 0.29) is 16.7 Å². The standard InChI is InChI=1S/2C12H18N6O.C11H16N6O/c2*1-15-4-6-18(7-5-15)12-14-9-8-13-17(3)11(19)10(9)16(12)2;1-15-9-8(7-13-16(2)10(9)18)14-11(15)17-5-3-12-4-6-17/h2*8H,4-7H2,1-3H3;7,12H,3-6H2,1-2H3. The van der Waals surface area contributed by atoms with E-state index in [1.54, 1.807) is 39.7 Å². The lowest BCUT2D eigenvalue weighted by atomic mass is 10.3. The van der Waals surface area contributed by atoms with Gasteiger partial charge in [-0.25, -0.2) is 29.0 Å². The van der Waals surface area contributed by atoms with Crippen LogP contribution in [-0.4, -0.2) is 160 Å². The fraction of sp³-hybridized carbons (Fsp3) is 0.571. The van der Waals surface area contributed by atoms with Gasteiger partial charge < -0.3 is 43.5 Å². The van der Waals surface area contributed by atoms with Crippen molar-refractivity contribution in [3.8, 4) is 0 Å². The third-order valence-electron chi connectivity index (χ3n) is 10.8. The summed E-state index contributed by atoms with van der Waals surface area (Å²) in [5.74, 6) is 2.55. The van der Waals surface area contributed by atoms with Crippen LogP contribution in [-0.2, 0) is 42.3 Å². The number of nitrogens with one attached hydrogen (secondary N) is 1. The van der Waals surface area contributed by atoms with E-state index in [0.29, 0.717) is 33.1 Å². The molecule has 0 bridgehead atoms. The van der Waals surface area contributed by atoms with Gasteiger partial charge in [-0.05, 0) is 14.1 Å². The Labute approximate surface area is 322 Å². The average molecular weight is 773 g/mol. The molecular weight excluding hydrogens is 721 g/mol. The highest BCUT2D eigenvalue weighted by Crippen LogP contribution is 2.21. The molecule has 0 radical (unpaired) electrons. The van der Waals surface area contributed by atoms with Gasteiger partial charge in [0.15, 0.2) is 0 Å². The first-order valence-electron chi connectivity index (χ1n) is 18.8. The molecule has 0 saturated carbocycles. The van der Waals surface area contributed by atoms with Crippen molar-refractivity contribution < 1.29 is 0 Å². The second kappa shape index (κ2) is 15.8. The molecule has 300 valence electrons. The van der Waals surface area contributed by atoms with Crippen LogP contribution in [0.3, 0.4) is 0 Å². The van der Waals surface area contributed by atoms with E-state index in [2.05, 4.69) is 74.2 Å². The van der Waals surface area contributed by atoms with Crippen LogP contribution in [0.25, 0.3) is 33.1 Å². The van der Waals surface area contributed by atoms with Crippen LogP contribution < -0.4 is 36.7 Å². The topological polar surface area (TPSA) is 186 Å². The molecule has 0 aromatic carbocycles. The number of aromatic nitrogens is 12. The number of rotatable bonds is 3. The van der Waals surface area contributed by atoms with Gasteiger partial charge in [-0.3, -0.25) is 14.4 Å². The summed E-state index contributed by atoms with van der Waals surface area (Å²) in [7, 11) is 14.9. The van der Waals surface area contributed by atoms with Gasteiger partial charge in [0, 0.05) is 121 Å². The summed E-state index contributed by atoms with van der Waals surface area (Å²) in [6, 6.07) is 0. The van der Waals surface area contributed by atoms with Crippen molar-refractivity contribution in [2.45, 2.75) is 0 Å². The molecule has 3 fully saturated rings. The molecule has 3 saturated heterocycles. The molecule has 21 heteroatoms. The van der Waals surface area contributed by atoms with Gasteiger partial charge in [0.2, 0.25) is 17.8 Å². The van der Waals surface area contributed by atoms with Gasteiger partial charge in [0.1, 0.15) is 33.1 Å². The zero-order chi connectivity index (χ0) is 39.8. The van der Waals surface area contributed by atoms with E-state index in [0.717, 1.165) is 96.4 Å². The van der Waals surface area contributed by atoms with E-state index in [9.17, 15) is 14.4 Å². The molecule has 0 aliphatic carbocycles. The zero-order valence-electron chi connectivity index (χ0n) is 33.5. The van der Waals surface area contributed by atoms with E-state index in [1.165, 1.54) is 14.0 Å². The molecule has 9 rings (SSSR count). The van der Waals surface area contributed by atoms with Crippen molar-refractivity contribution in [1.29, 1.82) is 0 Å². The fourth-order valence-electron chi connectivity index (χ4n) is 7.32. The first-order valence-corrected chi connectivity index (χ1v) is 18.8. The summed E-state index contributed by atoms with van der Waals surface area (Å²) in [5, 5.41) is 15.3.